The number of benzene rings is 2. The van der Waals surface area contributed by atoms with Gasteiger partial charge in [-0.25, -0.2) is 0 Å². The highest BCUT2D eigenvalue weighted by atomic mass is 16.6. The minimum atomic E-state index is -0.168. The molecule has 0 spiro atoms. The number of rotatable bonds is 3. The number of hydrogen-bond acceptors (Lipinski definition) is 3. The van der Waals surface area contributed by atoms with Crippen molar-refractivity contribution < 1.29 is 14.3 Å². The SMILES string of the molecule is CC(C(=O)c1ccc2c(c1)OCCO2)c1ccccc1. The largest absolute Gasteiger partial charge is 0.486 e. The van der Waals surface area contributed by atoms with E-state index in [1.807, 2.05) is 37.3 Å². The molecule has 2 aromatic rings. The van der Waals surface area contributed by atoms with Gasteiger partial charge in [-0.3, -0.25) is 4.79 Å². The zero-order valence-electron chi connectivity index (χ0n) is 11.3. The van der Waals surface area contributed by atoms with Gasteiger partial charge in [-0.2, -0.15) is 0 Å². The highest BCUT2D eigenvalue weighted by Gasteiger charge is 2.20. The number of hydrogen-bond donors (Lipinski definition) is 0. The van der Waals surface area contributed by atoms with Crippen LogP contribution in [0.1, 0.15) is 28.8 Å². The molecule has 102 valence electrons. The first-order chi connectivity index (χ1) is 9.75. The highest BCUT2D eigenvalue weighted by molar-refractivity contribution is 6.01. The molecule has 1 unspecified atom stereocenters. The second-order valence-electron chi connectivity index (χ2n) is 4.86. The van der Waals surface area contributed by atoms with Crippen LogP contribution in [0.5, 0.6) is 11.5 Å². The van der Waals surface area contributed by atoms with Crippen molar-refractivity contribution in [2.75, 3.05) is 13.2 Å². The number of ketones is 1. The van der Waals surface area contributed by atoms with Crippen molar-refractivity contribution in [1.29, 1.82) is 0 Å². The first-order valence-corrected chi connectivity index (χ1v) is 6.74. The van der Waals surface area contributed by atoms with E-state index in [9.17, 15) is 4.79 Å². The molecular weight excluding hydrogens is 252 g/mol. The van der Waals surface area contributed by atoms with Gasteiger partial charge in [-0.15, -0.1) is 0 Å². The summed E-state index contributed by atoms with van der Waals surface area (Å²) in [6.45, 7) is 3.01. The van der Waals surface area contributed by atoms with Crippen LogP contribution in [0, 0.1) is 0 Å². The van der Waals surface area contributed by atoms with Crippen LogP contribution >= 0.6 is 0 Å². The molecule has 3 heteroatoms. The van der Waals surface area contributed by atoms with Crippen LogP contribution in [-0.2, 0) is 0 Å². The number of carbonyl (C=O) groups excluding carboxylic acids is 1. The van der Waals surface area contributed by atoms with Gasteiger partial charge in [0.25, 0.3) is 0 Å². The van der Waals surface area contributed by atoms with Crippen molar-refractivity contribution >= 4 is 5.78 Å². The normalized spacial score (nSPS) is 14.7. The average Bonchev–Trinajstić information content (AvgIpc) is 2.54. The van der Waals surface area contributed by atoms with Gasteiger partial charge in [0.1, 0.15) is 13.2 Å². The van der Waals surface area contributed by atoms with Gasteiger partial charge in [-0.05, 0) is 23.8 Å². The monoisotopic (exact) mass is 268 g/mol. The zero-order valence-corrected chi connectivity index (χ0v) is 11.3. The smallest absolute Gasteiger partial charge is 0.170 e. The van der Waals surface area contributed by atoms with E-state index in [1.54, 1.807) is 18.2 Å². The van der Waals surface area contributed by atoms with Crippen molar-refractivity contribution in [3.05, 3.63) is 59.7 Å². The summed E-state index contributed by atoms with van der Waals surface area (Å²) in [4.78, 5) is 12.5. The molecule has 3 nitrogen and oxygen atoms in total. The Balaban J connectivity index is 1.87. The summed E-state index contributed by atoms with van der Waals surface area (Å²) < 4.78 is 11.0. The van der Waals surface area contributed by atoms with E-state index in [0.29, 0.717) is 30.3 Å². The fourth-order valence-corrected chi connectivity index (χ4v) is 2.34. The molecule has 0 fully saturated rings. The minimum Gasteiger partial charge on any atom is -0.486 e. The van der Waals surface area contributed by atoms with Gasteiger partial charge >= 0.3 is 0 Å². The van der Waals surface area contributed by atoms with Gasteiger partial charge in [0.15, 0.2) is 17.3 Å². The quantitative estimate of drug-likeness (QED) is 0.800. The second kappa shape index (κ2) is 5.37. The second-order valence-corrected chi connectivity index (χ2v) is 4.86. The van der Waals surface area contributed by atoms with Gasteiger partial charge in [0.05, 0.1) is 0 Å². The van der Waals surface area contributed by atoms with Gasteiger partial charge < -0.3 is 9.47 Å². The average molecular weight is 268 g/mol. The first-order valence-electron chi connectivity index (χ1n) is 6.74. The van der Waals surface area contributed by atoms with E-state index in [1.165, 1.54) is 0 Å². The topological polar surface area (TPSA) is 35.5 Å². The van der Waals surface area contributed by atoms with Crippen LogP contribution in [0.3, 0.4) is 0 Å². The fourth-order valence-electron chi connectivity index (χ4n) is 2.34. The summed E-state index contributed by atoms with van der Waals surface area (Å²) in [6, 6.07) is 15.2. The van der Waals surface area contributed by atoms with Crippen LogP contribution in [0.15, 0.2) is 48.5 Å². The molecular formula is C17H16O3. The third-order valence-corrected chi connectivity index (χ3v) is 3.52. The molecule has 0 aromatic heterocycles. The van der Waals surface area contributed by atoms with E-state index in [4.69, 9.17) is 9.47 Å². The van der Waals surface area contributed by atoms with E-state index < -0.39 is 0 Å². The van der Waals surface area contributed by atoms with E-state index in [0.717, 1.165) is 5.56 Å². The lowest BCUT2D eigenvalue weighted by atomic mass is 9.92. The summed E-state index contributed by atoms with van der Waals surface area (Å²) in [6.07, 6.45) is 0. The zero-order chi connectivity index (χ0) is 13.9. The third-order valence-electron chi connectivity index (χ3n) is 3.52. The molecule has 1 aliphatic heterocycles. The van der Waals surface area contributed by atoms with Crippen LogP contribution in [-0.4, -0.2) is 19.0 Å². The molecule has 0 saturated heterocycles. The van der Waals surface area contributed by atoms with E-state index in [-0.39, 0.29) is 11.7 Å². The Bertz CT molecular complexity index is 619. The predicted molar refractivity (Wildman–Crippen MR) is 76.6 cm³/mol. The Hall–Kier alpha value is -2.29. The molecule has 3 rings (SSSR count). The summed E-state index contributed by atoms with van der Waals surface area (Å²) in [7, 11) is 0. The van der Waals surface area contributed by atoms with Crippen LogP contribution in [0.25, 0.3) is 0 Å². The summed E-state index contributed by atoms with van der Waals surface area (Å²) >= 11 is 0. The van der Waals surface area contributed by atoms with Crippen molar-refractivity contribution in [3.63, 3.8) is 0 Å². The molecule has 0 saturated carbocycles. The lowest BCUT2D eigenvalue weighted by Crippen LogP contribution is -2.16. The summed E-state index contributed by atoms with van der Waals surface area (Å²) in [5.41, 5.74) is 1.68. The van der Waals surface area contributed by atoms with E-state index in [2.05, 4.69) is 0 Å². The number of Topliss-reactive ketones (excluding diaryl/α,β-unsaturated/α-hetero) is 1. The molecule has 1 atom stereocenters. The fraction of sp³-hybridized carbons (Fsp3) is 0.235. The Morgan fingerprint density at radius 2 is 1.70 bits per heavy atom. The molecule has 0 bridgehead atoms. The van der Waals surface area contributed by atoms with Crippen LogP contribution < -0.4 is 9.47 Å². The maximum absolute atomic E-state index is 12.5. The third kappa shape index (κ3) is 2.39. The van der Waals surface area contributed by atoms with Crippen LogP contribution in [0.4, 0.5) is 0 Å². The van der Waals surface area contributed by atoms with Crippen molar-refractivity contribution in [2.45, 2.75) is 12.8 Å². The number of fused-ring (bicyclic) bond motifs is 1. The lowest BCUT2D eigenvalue weighted by molar-refractivity contribution is 0.0965. The molecule has 0 amide bonds. The molecule has 1 aliphatic rings. The first kappa shape index (κ1) is 12.7. The van der Waals surface area contributed by atoms with Gasteiger partial charge in [0, 0.05) is 11.5 Å². The van der Waals surface area contributed by atoms with Crippen molar-refractivity contribution in [1.82, 2.24) is 0 Å². The lowest BCUT2D eigenvalue weighted by Gasteiger charge is -2.19. The van der Waals surface area contributed by atoms with E-state index >= 15 is 0 Å². The maximum Gasteiger partial charge on any atom is 0.170 e. The number of ether oxygens (including phenoxy) is 2. The maximum atomic E-state index is 12.5. The highest BCUT2D eigenvalue weighted by Crippen LogP contribution is 2.32. The molecule has 1 heterocycles. The van der Waals surface area contributed by atoms with Crippen molar-refractivity contribution in [3.8, 4) is 11.5 Å². The Morgan fingerprint density at radius 1 is 1.00 bits per heavy atom. The summed E-state index contributed by atoms with van der Waals surface area (Å²) in [5.74, 6) is 1.29. The molecule has 2 aromatic carbocycles. The van der Waals surface area contributed by atoms with Crippen LogP contribution in [0.2, 0.25) is 0 Å². The molecule has 0 aliphatic carbocycles. The molecule has 0 radical (unpaired) electrons. The van der Waals surface area contributed by atoms with Gasteiger partial charge in [-0.1, -0.05) is 37.3 Å². The Morgan fingerprint density at radius 3 is 2.45 bits per heavy atom. The standard InChI is InChI=1S/C17H16O3/c1-12(13-5-3-2-4-6-13)17(18)14-7-8-15-16(11-14)20-10-9-19-15/h2-8,11-12H,9-10H2,1H3. The van der Waals surface area contributed by atoms with Gasteiger partial charge in [0.2, 0.25) is 0 Å². The Labute approximate surface area is 118 Å². The summed E-state index contributed by atoms with van der Waals surface area (Å²) in [5, 5.41) is 0. The minimum absolute atomic E-state index is 0.0909. The molecule has 0 N–H and O–H groups in total. The molecule has 20 heavy (non-hydrogen) atoms. The van der Waals surface area contributed by atoms with Crippen molar-refractivity contribution in [2.24, 2.45) is 0 Å². The Kier molecular flexibility index (Phi) is 3.42. The number of carbonyl (C=O) groups is 1. The predicted octanol–water partition coefficient (Wildman–Crippen LogP) is 3.44.